The van der Waals surface area contributed by atoms with Crippen molar-refractivity contribution >= 4 is 5.91 Å². The summed E-state index contributed by atoms with van der Waals surface area (Å²) in [5.74, 6) is -0.503. The molecule has 1 amide bonds. The van der Waals surface area contributed by atoms with E-state index in [0.29, 0.717) is 0 Å². The highest BCUT2D eigenvalue weighted by molar-refractivity contribution is 5.80. The van der Waals surface area contributed by atoms with Crippen LogP contribution in [0.25, 0.3) is 0 Å². The second kappa shape index (κ2) is 6.70. The van der Waals surface area contributed by atoms with Gasteiger partial charge in [-0.2, -0.15) is 13.2 Å². The molecule has 2 atom stereocenters. The summed E-state index contributed by atoms with van der Waals surface area (Å²) >= 11 is 0. The smallest absolute Gasteiger partial charge is 0.372 e. The minimum atomic E-state index is -4.40. The lowest BCUT2D eigenvalue weighted by Crippen LogP contribution is -2.43. The summed E-state index contributed by atoms with van der Waals surface area (Å²) in [6.07, 6.45) is -5.82. The van der Waals surface area contributed by atoms with Crippen molar-refractivity contribution in [1.29, 1.82) is 0 Å². The monoisotopic (exact) mass is 243 g/mol. The van der Waals surface area contributed by atoms with Gasteiger partial charge in [0.2, 0.25) is 0 Å². The second-order valence-electron chi connectivity index (χ2n) is 3.21. The van der Waals surface area contributed by atoms with E-state index in [0.717, 1.165) is 0 Å². The number of hydrogen-bond donors (Lipinski definition) is 1. The normalized spacial score (nSPS) is 15.6. The molecule has 7 heteroatoms. The number of methoxy groups -OCH3 is 1. The van der Waals surface area contributed by atoms with Gasteiger partial charge in [-0.25, -0.2) is 0 Å². The Morgan fingerprint density at radius 1 is 1.44 bits per heavy atom. The van der Waals surface area contributed by atoms with Gasteiger partial charge >= 0.3 is 6.18 Å². The van der Waals surface area contributed by atoms with Crippen molar-refractivity contribution in [2.24, 2.45) is 0 Å². The molecular weight excluding hydrogens is 227 g/mol. The predicted octanol–water partition coefficient (Wildman–Crippen LogP) is 1.45. The Labute approximate surface area is 92.1 Å². The summed E-state index contributed by atoms with van der Waals surface area (Å²) in [5.41, 5.74) is 0. The molecule has 0 heterocycles. The number of hydrogen-bond acceptors (Lipinski definition) is 3. The van der Waals surface area contributed by atoms with Gasteiger partial charge < -0.3 is 14.8 Å². The van der Waals surface area contributed by atoms with E-state index < -0.39 is 31.0 Å². The molecule has 0 aliphatic rings. The molecule has 0 saturated carbocycles. The maximum Gasteiger partial charge on any atom is 0.411 e. The van der Waals surface area contributed by atoms with E-state index in [2.05, 4.69) is 10.1 Å². The maximum absolute atomic E-state index is 11.9. The summed E-state index contributed by atoms with van der Waals surface area (Å²) in [6, 6.07) is 0. The first-order valence-electron chi connectivity index (χ1n) is 4.81. The molecule has 0 aliphatic heterocycles. The van der Waals surface area contributed by atoms with Crippen LogP contribution in [0.3, 0.4) is 0 Å². The molecule has 0 aromatic carbocycles. The fourth-order valence-electron chi connectivity index (χ4n) is 0.840. The van der Waals surface area contributed by atoms with Crippen LogP contribution in [-0.4, -0.2) is 38.1 Å². The van der Waals surface area contributed by atoms with E-state index in [4.69, 9.17) is 4.74 Å². The average molecular weight is 243 g/mol. The van der Waals surface area contributed by atoms with Gasteiger partial charge in [0, 0.05) is 7.11 Å². The summed E-state index contributed by atoms with van der Waals surface area (Å²) < 4.78 is 44.8. The standard InChI is InChI=1S/C9H16F3NO3/c1-4-7(16-5-9(10,11)12)13-8(14)6(2)15-3/h6-7H,4-5H2,1-3H3,(H,13,14). The number of amides is 1. The quantitative estimate of drug-likeness (QED) is 0.718. The van der Waals surface area contributed by atoms with Crippen molar-refractivity contribution in [2.75, 3.05) is 13.7 Å². The third kappa shape index (κ3) is 6.62. The molecule has 0 fully saturated rings. The van der Waals surface area contributed by atoms with Crippen molar-refractivity contribution in [1.82, 2.24) is 5.32 Å². The molecule has 0 rings (SSSR count). The van der Waals surface area contributed by atoms with Crippen LogP contribution in [0.2, 0.25) is 0 Å². The SMILES string of the molecule is CCC(NC(=O)C(C)OC)OCC(F)(F)F. The van der Waals surface area contributed by atoms with Crippen molar-refractivity contribution in [2.45, 2.75) is 38.8 Å². The molecule has 0 saturated heterocycles. The highest BCUT2D eigenvalue weighted by atomic mass is 19.4. The van der Waals surface area contributed by atoms with Gasteiger partial charge in [-0.15, -0.1) is 0 Å². The van der Waals surface area contributed by atoms with E-state index in [1.165, 1.54) is 14.0 Å². The van der Waals surface area contributed by atoms with Gasteiger partial charge in [-0.1, -0.05) is 6.92 Å². The largest absolute Gasteiger partial charge is 0.411 e. The number of carbonyl (C=O) groups is 1. The summed E-state index contributed by atoms with van der Waals surface area (Å²) in [7, 11) is 1.34. The van der Waals surface area contributed by atoms with E-state index >= 15 is 0 Å². The fraction of sp³-hybridized carbons (Fsp3) is 0.889. The first kappa shape index (κ1) is 15.2. The Morgan fingerprint density at radius 2 is 2.00 bits per heavy atom. The summed E-state index contributed by atoms with van der Waals surface area (Å²) in [4.78, 5) is 11.3. The number of carbonyl (C=O) groups excluding carboxylic acids is 1. The zero-order chi connectivity index (χ0) is 12.8. The second-order valence-corrected chi connectivity index (χ2v) is 3.21. The van der Waals surface area contributed by atoms with Gasteiger partial charge in [-0.05, 0) is 13.3 Å². The Bertz CT molecular complexity index is 221. The van der Waals surface area contributed by atoms with Gasteiger partial charge in [0.25, 0.3) is 5.91 Å². The zero-order valence-corrected chi connectivity index (χ0v) is 9.43. The molecule has 16 heavy (non-hydrogen) atoms. The van der Waals surface area contributed by atoms with E-state index in [1.807, 2.05) is 0 Å². The van der Waals surface area contributed by atoms with Crippen LogP contribution in [0.15, 0.2) is 0 Å². The van der Waals surface area contributed by atoms with Crippen molar-refractivity contribution in [3.8, 4) is 0 Å². The molecule has 96 valence electrons. The predicted molar refractivity (Wildman–Crippen MR) is 50.7 cm³/mol. The Kier molecular flexibility index (Phi) is 6.35. The van der Waals surface area contributed by atoms with Gasteiger partial charge in [0.1, 0.15) is 18.9 Å². The van der Waals surface area contributed by atoms with Crippen molar-refractivity contribution < 1.29 is 27.4 Å². The van der Waals surface area contributed by atoms with Crippen LogP contribution in [-0.2, 0) is 14.3 Å². The molecule has 2 unspecified atom stereocenters. The zero-order valence-electron chi connectivity index (χ0n) is 9.43. The fourth-order valence-corrected chi connectivity index (χ4v) is 0.840. The van der Waals surface area contributed by atoms with E-state index in [-0.39, 0.29) is 6.42 Å². The van der Waals surface area contributed by atoms with Crippen molar-refractivity contribution in [3.63, 3.8) is 0 Å². The van der Waals surface area contributed by atoms with E-state index in [9.17, 15) is 18.0 Å². The molecule has 0 aromatic heterocycles. The van der Waals surface area contributed by atoms with Crippen LogP contribution in [0.5, 0.6) is 0 Å². The van der Waals surface area contributed by atoms with Crippen LogP contribution < -0.4 is 5.32 Å². The van der Waals surface area contributed by atoms with Gasteiger partial charge in [0.05, 0.1) is 0 Å². The van der Waals surface area contributed by atoms with E-state index in [1.54, 1.807) is 6.92 Å². The molecule has 0 spiro atoms. The molecule has 1 N–H and O–H groups in total. The first-order chi connectivity index (χ1) is 7.30. The summed E-state index contributed by atoms with van der Waals surface area (Å²) in [6.45, 7) is 1.72. The molecule has 0 radical (unpaired) electrons. The highest BCUT2D eigenvalue weighted by Gasteiger charge is 2.29. The van der Waals surface area contributed by atoms with Gasteiger partial charge in [0.15, 0.2) is 0 Å². The number of halogens is 3. The minimum Gasteiger partial charge on any atom is -0.372 e. The Hall–Kier alpha value is -0.820. The number of ether oxygens (including phenoxy) is 2. The third-order valence-electron chi connectivity index (χ3n) is 1.84. The van der Waals surface area contributed by atoms with Crippen LogP contribution >= 0.6 is 0 Å². The van der Waals surface area contributed by atoms with Gasteiger partial charge in [-0.3, -0.25) is 4.79 Å². The first-order valence-corrected chi connectivity index (χ1v) is 4.81. The third-order valence-corrected chi connectivity index (χ3v) is 1.84. The van der Waals surface area contributed by atoms with Crippen LogP contribution in [0.1, 0.15) is 20.3 Å². The minimum absolute atomic E-state index is 0.248. The maximum atomic E-state index is 11.9. The lowest BCUT2D eigenvalue weighted by molar-refractivity contribution is -0.190. The molecular formula is C9H16F3NO3. The van der Waals surface area contributed by atoms with Crippen LogP contribution in [0, 0.1) is 0 Å². The number of rotatable bonds is 6. The molecule has 4 nitrogen and oxygen atoms in total. The molecule has 0 aromatic rings. The number of alkyl halides is 3. The summed E-state index contributed by atoms with van der Waals surface area (Å²) in [5, 5.41) is 2.30. The lowest BCUT2D eigenvalue weighted by atomic mass is 10.3. The molecule has 0 bridgehead atoms. The Balaban J connectivity index is 4.06. The average Bonchev–Trinajstić information content (AvgIpc) is 2.21. The van der Waals surface area contributed by atoms with Crippen LogP contribution in [0.4, 0.5) is 13.2 Å². The highest BCUT2D eigenvalue weighted by Crippen LogP contribution is 2.15. The topological polar surface area (TPSA) is 47.6 Å². The molecule has 0 aliphatic carbocycles. The Morgan fingerprint density at radius 3 is 2.38 bits per heavy atom. The van der Waals surface area contributed by atoms with Crippen molar-refractivity contribution in [3.05, 3.63) is 0 Å². The lowest BCUT2D eigenvalue weighted by Gasteiger charge is -2.20. The number of nitrogens with one attached hydrogen (secondary N) is 1.